The van der Waals surface area contributed by atoms with Gasteiger partial charge in [0.25, 0.3) is 0 Å². The number of rotatable bonds is 5. The van der Waals surface area contributed by atoms with Crippen molar-refractivity contribution in [1.82, 2.24) is 9.97 Å². The molecule has 2 aromatic heterocycles. The van der Waals surface area contributed by atoms with Crippen molar-refractivity contribution in [3.63, 3.8) is 0 Å². The van der Waals surface area contributed by atoms with Crippen molar-refractivity contribution in [1.29, 1.82) is 0 Å². The molecule has 2 N–H and O–H groups in total. The molecular weight excluding hydrogens is 250 g/mol. The highest BCUT2D eigenvalue weighted by Crippen LogP contribution is 2.14. The van der Waals surface area contributed by atoms with Crippen LogP contribution in [0.4, 0.5) is 5.82 Å². The van der Waals surface area contributed by atoms with Crippen LogP contribution in [0.1, 0.15) is 21.1 Å². The van der Waals surface area contributed by atoms with Crippen LogP contribution in [0.15, 0.2) is 23.7 Å². The van der Waals surface area contributed by atoms with Crippen LogP contribution in [0.2, 0.25) is 0 Å². The molecule has 94 valence electrons. The number of carboxylic acids is 1. The Labute approximate surface area is 109 Å². The quantitative estimate of drug-likeness (QED) is 0.865. The fourth-order valence-corrected chi connectivity index (χ4v) is 2.15. The molecule has 2 aromatic rings. The number of carbonyl (C=O) groups is 1. The van der Waals surface area contributed by atoms with E-state index in [2.05, 4.69) is 15.3 Å². The largest absolute Gasteiger partial charge is 0.478 e. The summed E-state index contributed by atoms with van der Waals surface area (Å²) < 4.78 is 0. The molecule has 0 aliphatic carbocycles. The van der Waals surface area contributed by atoms with E-state index in [0.717, 1.165) is 17.1 Å². The highest BCUT2D eigenvalue weighted by atomic mass is 32.1. The summed E-state index contributed by atoms with van der Waals surface area (Å²) in [7, 11) is 0. The molecule has 0 spiro atoms. The second-order valence-electron chi connectivity index (χ2n) is 3.76. The molecule has 0 saturated heterocycles. The summed E-state index contributed by atoms with van der Waals surface area (Å²) in [6, 6.07) is 3.26. The van der Waals surface area contributed by atoms with Gasteiger partial charge in [0.1, 0.15) is 11.4 Å². The Balaban J connectivity index is 2.03. The summed E-state index contributed by atoms with van der Waals surface area (Å²) in [5, 5.41) is 15.0. The maximum Gasteiger partial charge on any atom is 0.339 e. The van der Waals surface area contributed by atoms with Gasteiger partial charge in [-0.25, -0.2) is 14.8 Å². The van der Waals surface area contributed by atoms with Gasteiger partial charge in [-0.3, -0.25) is 0 Å². The minimum atomic E-state index is -0.973. The number of carboxylic acid groups (broad SMARTS) is 1. The maximum absolute atomic E-state index is 11.0. The van der Waals surface area contributed by atoms with Crippen LogP contribution in [0.5, 0.6) is 0 Å². The molecule has 0 radical (unpaired) electrons. The van der Waals surface area contributed by atoms with Crippen molar-refractivity contribution in [3.05, 3.63) is 40.0 Å². The predicted molar refractivity (Wildman–Crippen MR) is 70.2 cm³/mol. The van der Waals surface area contributed by atoms with E-state index in [-0.39, 0.29) is 5.56 Å². The molecule has 0 aliphatic heterocycles. The van der Waals surface area contributed by atoms with E-state index in [9.17, 15) is 4.79 Å². The number of pyridine rings is 1. The van der Waals surface area contributed by atoms with Gasteiger partial charge in [-0.05, 0) is 19.1 Å². The zero-order chi connectivity index (χ0) is 13.0. The lowest BCUT2D eigenvalue weighted by molar-refractivity contribution is 0.0697. The molecule has 0 unspecified atom stereocenters. The van der Waals surface area contributed by atoms with Crippen LogP contribution < -0.4 is 5.32 Å². The Kier molecular flexibility index (Phi) is 3.88. The Bertz CT molecular complexity index is 540. The van der Waals surface area contributed by atoms with Gasteiger partial charge >= 0.3 is 5.97 Å². The number of nitrogens with zero attached hydrogens (tertiary/aromatic N) is 2. The highest BCUT2D eigenvalue weighted by Gasteiger charge is 2.11. The first-order valence-electron chi connectivity index (χ1n) is 5.50. The van der Waals surface area contributed by atoms with E-state index in [0.29, 0.717) is 12.4 Å². The van der Waals surface area contributed by atoms with Gasteiger partial charge in [0.05, 0.1) is 5.01 Å². The second kappa shape index (κ2) is 5.59. The van der Waals surface area contributed by atoms with E-state index in [1.165, 1.54) is 0 Å². The molecule has 6 heteroatoms. The monoisotopic (exact) mass is 263 g/mol. The van der Waals surface area contributed by atoms with E-state index < -0.39 is 5.97 Å². The van der Waals surface area contributed by atoms with Gasteiger partial charge in [-0.1, -0.05) is 0 Å². The zero-order valence-electron chi connectivity index (χ0n) is 9.88. The van der Waals surface area contributed by atoms with Gasteiger partial charge in [0.15, 0.2) is 0 Å². The Hall–Kier alpha value is -1.95. The first-order valence-corrected chi connectivity index (χ1v) is 6.38. The number of aromatic carboxylic acids is 1. The zero-order valence-corrected chi connectivity index (χ0v) is 10.7. The first-order chi connectivity index (χ1) is 8.66. The molecule has 18 heavy (non-hydrogen) atoms. The molecule has 0 saturated carbocycles. The first kappa shape index (κ1) is 12.5. The third-order valence-electron chi connectivity index (χ3n) is 2.38. The number of aryl methyl sites for hydroxylation is 1. The SMILES string of the molecule is Cc1ccc(C(=O)O)c(NCCc2nccs2)n1. The number of thiazole rings is 1. The van der Waals surface area contributed by atoms with Crippen LogP contribution in [-0.4, -0.2) is 27.6 Å². The second-order valence-corrected chi connectivity index (χ2v) is 4.74. The van der Waals surface area contributed by atoms with E-state index >= 15 is 0 Å². The third kappa shape index (κ3) is 3.04. The summed E-state index contributed by atoms with van der Waals surface area (Å²) in [6.07, 6.45) is 2.51. The van der Waals surface area contributed by atoms with Gasteiger partial charge < -0.3 is 10.4 Å². The molecular formula is C12H13N3O2S. The maximum atomic E-state index is 11.0. The topological polar surface area (TPSA) is 75.1 Å². The smallest absolute Gasteiger partial charge is 0.339 e. The fourth-order valence-electron chi connectivity index (χ4n) is 1.53. The number of anilines is 1. The van der Waals surface area contributed by atoms with Crippen molar-refractivity contribution in [2.75, 3.05) is 11.9 Å². The summed E-state index contributed by atoms with van der Waals surface area (Å²) in [6.45, 7) is 2.45. The van der Waals surface area contributed by atoms with Gasteiger partial charge in [-0.2, -0.15) is 0 Å². The predicted octanol–water partition coefficient (Wildman–Crippen LogP) is 2.20. The van der Waals surface area contributed by atoms with Crippen molar-refractivity contribution < 1.29 is 9.90 Å². The molecule has 0 aromatic carbocycles. The number of hydrogen-bond acceptors (Lipinski definition) is 5. The summed E-state index contributed by atoms with van der Waals surface area (Å²) in [5.41, 5.74) is 0.983. The van der Waals surface area contributed by atoms with Crippen LogP contribution in [-0.2, 0) is 6.42 Å². The molecule has 0 fully saturated rings. The minimum absolute atomic E-state index is 0.194. The van der Waals surface area contributed by atoms with Crippen LogP contribution >= 0.6 is 11.3 Å². The van der Waals surface area contributed by atoms with Crippen LogP contribution in [0.25, 0.3) is 0 Å². The van der Waals surface area contributed by atoms with Crippen molar-refractivity contribution >= 4 is 23.1 Å². The lowest BCUT2D eigenvalue weighted by Crippen LogP contribution is -2.11. The molecule has 2 rings (SSSR count). The number of hydrogen-bond donors (Lipinski definition) is 2. The highest BCUT2D eigenvalue weighted by molar-refractivity contribution is 7.09. The lowest BCUT2D eigenvalue weighted by Gasteiger charge is -2.08. The van der Waals surface area contributed by atoms with Crippen molar-refractivity contribution in [2.45, 2.75) is 13.3 Å². The van der Waals surface area contributed by atoms with E-state index in [1.807, 2.05) is 12.3 Å². The van der Waals surface area contributed by atoms with E-state index in [1.54, 1.807) is 29.7 Å². The molecule has 5 nitrogen and oxygen atoms in total. The number of nitrogens with one attached hydrogen (secondary N) is 1. The Morgan fingerprint density at radius 3 is 3.00 bits per heavy atom. The average molecular weight is 263 g/mol. The van der Waals surface area contributed by atoms with Gasteiger partial charge in [0, 0.05) is 30.2 Å². The van der Waals surface area contributed by atoms with Crippen LogP contribution in [0.3, 0.4) is 0 Å². The Morgan fingerprint density at radius 1 is 1.50 bits per heavy atom. The third-order valence-corrected chi connectivity index (χ3v) is 3.22. The molecule has 0 amide bonds. The van der Waals surface area contributed by atoms with Crippen molar-refractivity contribution in [3.8, 4) is 0 Å². The van der Waals surface area contributed by atoms with Gasteiger partial charge in [0.2, 0.25) is 0 Å². The molecule has 0 aliphatic rings. The normalized spacial score (nSPS) is 10.3. The summed E-state index contributed by atoms with van der Waals surface area (Å²) in [4.78, 5) is 19.4. The molecule has 0 atom stereocenters. The molecule has 2 heterocycles. The van der Waals surface area contributed by atoms with Crippen LogP contribution in [0, 0.1) is 6.92 Å². The van der Waals surface area contributed by atoms with E-state index in [4.69, 9.17) is 5.11 Å². The van der Waals surface area contributed by atoms with Crippen molar-refractivity contribution in [2.24, 2.45) is 0 Å². The summed E-state index contributed by atoms with van der Waals surface area (Å²) in [5.74, 6) is -0.557. The Morgan fingerprint density at radius 2 is 2.33 bits per heavy atom. The lowest BCUT2D eigenvalue weighted by atomic mass is 10.2. The standard InChI is InChI=1S/C12H13N3O2S/c1-8-2-3-9(12(16)17)11(15-8)14-5-4-10-13-6-7-18-10/h2-3,6-7H,4-5H2,1H3,(H,14,15)(H,16,17). The number of aromatic nitrogens is 2. The molecule has 0 bridgehead atoms. The average Bonchev–Trinajstić information content (AvgIpc) is 2.82. The fraction of sp³-hybridized carbons (Fsp3) is 0.250. The summed E-state index contributed by atoms with van der Waals surface area (Å²) >= 11 is 1.58. The minimum Gasteiger partial charge on any atom is -0.478 e. The van der Waals surface area contributed by atoms with Gasteiger partial charge in [-0.15, -0.1) is 11.3 Å².